The van der Waals surface area contributed by atoms with Crippen LogP contribution in [0, 0.1) is 0 Å². The van der Waals surface area contributed by atoms with Gasteiger partial charge in [-0.15, -0.1) is 0 Å². The summed E-state index contributed by atoms with van der Waals surface area (Å²) in [6, 6.07) is 4.99. The van der Waals surface area contributed by atoms with Crippen molar-refractivity contribution in [3.05, 3.63) is 39.7 Å². The first-order valence-electron chi connectivity index (χ1n) is 11.6. The van der Waals surface area contributed by atoms with Crippen LogP contribution in [0.3, 0.4) is 0 Å². The highest BCUT2D eigenvalue weighted by Crippen LogP contribution is 2.44. The third-order valence-electron chi connectivity index (χ3n) is 6.80. The van der Waals surface area contributed by atoms with Crippen molar-refractivity contribution in [2.45, 2.75) is 13.0 Å². The molecule has 0 radical (unpaired) electrons. The Morgan fingerprint density at radius 3 is 2.46 bits per heavy atom. The van der Waals surface area contributed by atoms with E-state index in [4.69, 9.17) is 23.7 Å². The summed E-state index contributed by atoms with van der Waals surface area (Å²) in [5, 5.41) is 0.908. The number of carbonyl (C=O) groups excluding carboxylic acids is 1. The summed E-state index contributed by atoms with van der Waals surface area (Å²) in [7, 11) is 3.04. The van der Waals surface area contributed by atoms with Gasteiger partial charge < -0.3 is 28.3 Å². The Bertz CT molecular complexity index is 1410. The zero-order valence-corrected chi connectivity index (χ0v) is 19.6. The Morgan fingerprint density at radius 1 is 0.971 bits per heavy atom. The Kier molecular flexibility index (Phi) is 5.34. The number of benzene rings is 1. The van der Waals surface area contributed by atoms with Gasteiger partial charge in [-0.3, -0.25) is 14.5 Å². The molecule has 1 aromatic carbocycles. The number of aromatic nitrogens is 2. The molecule has 0 amide bonds. The summed E-state index contributed by atoms with van der Waals surface area (Å²) >= 11 is 0. The largest absolute Gasteiger partial charge is 0.493 e. The summed E-state index contributed by atoms with van der Waals surface area (Å²) in [5.74, 6) is 1.41. The second-order valence-corrected chi connectivity index (χ2v) is 8.66. The molecule has 6 rings (SSSR count). The van der Waals surface area contributed by atoms with Gasteiger partial charge in [0.15, 0.2) is 23.0 Å². The Morgan fingerprint density at radius 2 is 1.71 bits per heavy atom. The van der Waals surface area contributed by atoms with E-state index in [1.54, 1.807) is 22.8 Å². The van der Waals surface area contributed by atoms with Crippen molar-refractivity contribution >= 4 is 16.6 Å². The molecule has 4 heterocycles. The molecular formula is C25H25N3O7. The maximum atomic E-state index is 13.8. The highest BCUT2D eigenvalue weighted by Gasteiger charge is 2.37. The lowest BCUT2D eigenvalue weighted by atomic mass is 10.0. The summed E-state index contributed by atoms with van der Waals surface area (Å²) in [5.41, 5.74) is 1.57. The quantitative estimate of drug-likeness (QED) is 0.411. The number of pyridine rings is 2. The molecule has 0 N–H and O–H groups in total. The molecule has 1 aliphatic carbocycles. The monoisotopic (exact) mass is 479 g/mol. The van der Waals surface area contributed by atoms with Crippen molar-refractivity contribution in [2.24, 2.45) is 0 Å². The molecule has 0 spiro atoms. The number of carbonyl (C=O) groups is 1. The average molecular weight is 479 g/mol. The zero-order valence-electron chi connectivity index (χ0n) is 19.6. The van der Waals surface area contributed by atoms with Gasteiger partial charge in [-0.2, -0.15) is 0 Å². The average Bonchev–Trinajstić information content (AvgIpc) is 3.46. The summed E-state index contributed by atoms with van der Waals surface area (Å²) in [6.07, 6.45) is 0.735. The van der Waals surface area contributed by atoms with Crippen LogP contribution in [0.2, 0.25) is 0 Å². The number of fused-ring (bicyclic) bond motifs is 6. The van der Waals surface area contributed by atoms with E-state index in [2.05, 4.69) is 9.88 Å². The number of nitrogens with zero attached hydrogens (tertiary/aromatic N) is 3. The molecular weight excluding hydrogens is 454 g/mol. The molecule has 10 nitrogen and oxygen atoms in total. The molecule has 0 unspecified atom stereocenters. The van der Waals surface area contributed by atoms with E-state index in [-0.39, 0.29) is 18.1 Å². The van der Waals surface area contributed by atoms with Gasteiger partial charge in [0.2, 0.25) is 6.79 Å². The molecule has 3 aromatic rings. The molecule has 2 aromatic heterocycles. The predicted molar refractivity (Wildman–Crippen MR) is 126 cm³/mol. The van der Waals surface area contributed by atoms with E-state index in [0.717, 1.165) is 26.1 Å². The van der Waals surface area contributed by atoms with Crippen LogP contribution < -0.4 is 24.5 Å². The van der Waals surface area contributed by atoms with Gasteiger partial charge in [0, 0.05) is 31.6 Å². The fourth-order valence-corrected chi connectivity index (χ4v) is 5.06. The summed E-state index contributed by atoms with van der Waals surface area (Å²) < 4.78 is 28.9. The summed E-state index contributed by atoms with van der Waals surface area (Å²) in [6.45, 7) is 4.48. The van der Waals surface area contributed by atoms with Crippen molar-refractivity contribution in [3.63, 3.8) is 0 Å². The van der Waals surface area contributed by atoms with Crippen molar-refractivity contribution in [1.29, 1.82) is 0 Å². The highest BCUT2D eigenvalue weighted by molar-refractivity contribution is 6.26. The molecule has 0 bridgehead atoms. The van der Waals surface area contributed by atoms with Gasteiger partial charge in [-0.1, -0.05) is 0 Å². The van der Waals surface area contributed by atoms with E-state index in [1.165, 1.54) is 14.2 Å². The lowest BCUT2D eigenvalue weighted by Gasteiger charge is -2.26. The second kappa shape index (κ2) is 8.54. The molecule has 3 aliphatic rings. The van der Waals surface area contributed by atoms with Crippen molar-refractivity contribution in [3.8, 4) is 34.5 Å². The Balaban J connectivity index is 1.53. The molecule has 0 saturated carbocycles. The van der Waals surface area contributed by atoms with E-state index < -0.39 is 0 Å². The second-order valence-electron chi connectivity index (χ2n) is 8.66. The van der Waals surface area contributed by atoms with Gasteiger partial charge in [0.05, 0.1) is 49.6 Å². The van der Waals surface area contributed by atoms with Crippen molar-refractivity contribution in [2.75, 3.05) is 53.9 Å². The van der Waals surface area contributed by atoms with Crippen LogP contribution in [0.1, 0.15) is 22.3 Å². The minimum absolute atomic E-state index is 0.0490. The van der Waals surface area contributed by atoms with Crippen LogP contribution >= 0.6 is 0 Å². The molecule has 0 atom stereocenters. The van der Waals surface area contributed by atoms with Gasteiger partial charge in [-0.25, -0.2) is 4.98 Å². The number of rotatable bonds is 6. The topological polar surface area (TPSA) is 101 Å². The van der Waals surface area contributed by atoms with E-state index in [0.29, 0.717) is 76.2 Å². The van der Waals surface area contributed by atoms with Crippen molar-refractivity contribution in [1.82, 2.24) is 14.5 Å². The van der Waals surface area contributed by atoms with Crippen LogP contribution in [0.15, 0.2) is 23.0 Å². The van der Waals surface area contributed by atoms with Gasteiger partial charge in [-0.05, 0) is 24.6 Å². The minimum Gasteiger partial charge on any atom is -0.493 e. The molecule has 35 heavy (non-hydrogen) atoms. The zero-order chi connectivity index (χ0) is 24.1. The number of morpholine rings is 1. The first kappa shape index (κ1) is 21.9. The number of ketones is 1. The third-order valence-corrected chi connectivity index (χ3v) is 6.80. The van der Waals surface area contributed by atoms with Gasteiger partial charge in [0.1, 0.15) is 5.69 Å². The molecule has 10 heteroatoms. The van der Waals surface area contributed by atoms with Gasteiger partial charge in [0.25, 0.3) is 11.4 Å². The lowest BCUT2D eigenvalue weighted by molar-refractivity contribution is 0.0369. The number of ether oxygens (including phenoxy) is 5. The van der Waals surface area contributed by atoms with Gasteiger partial charge >= 0.3 is 0 Å². The van der Waals surface area contributed by atoms with Crippen LogP contribution in [-0.2, 0) is 11.3 Å². The molecule has 182 valence electrons. The normalized spacial score (nSPS) is 16.5. The Labute approximate surface area is 200 Å². The lowest BCUT2D eigenvalue weighted by Crippen LogP contribution is -2.37. The maximum Gasteiger partial charge on any atom is 0.260 e. The van der Waals surface area contributed by atoms with E-state index >= 15 is 0 Å². The maximum absolute atomic E-state index is 13.8. The molecule has 1 fully saturated rings. The molecule has 2 aliphatic heterocycles. The SMILES string of the molecule is COc1cc2c3c(n(CCCN4CCOCC4)c(=O)c2cc1OC)-c1nc2c(cc1C3=O)OCO2. The smallest absolute Gasteiger partial charge is 0.260 e. The predicted octanol–water partition coefficient (Wildman–Crippen LogP) is 2.08. The highest BCUT2D eigenvalue weighted by atomic mass is 16.7. The summed E-state index contributed by atoms with van der Waals surface area (Å²) in [4.78, 5) is 34.4. The fourth-order valence-electron chi connectivity index (χ4n) is 5.06. The third kappa shape index (κ3) is 3.43. The van der Waals surface area contributed by atoms with E-state index in [9.17, 15) is 9.59 Å². The number of methoxy groups -OCH3 is 2. The number of hydrogen-bond donors (Lipinski definition) is 0. The number of hydrogen-bond acceptors (Lipinski definition) is 9. The van der Waals surface area contributed by atoms with Crippen LogP contribution in [-0.4, -0.2) is 74.1 Å². The van der Waals surface area contributed by atoms with Crippen LogP contribution in [0.5, 0.6) is 23.1 Å². The first-order valence-corrected chi connectivity index (χ1v) is 11.6. The van der Waals surface area contributed by atoms with Crippen LogP contribution in [0.4, 0.5) is 0 Å². The van der Waals surface area contributed by atoms with Crippen LogP contribution in [0.25, 0.3) is 22.2 Å². The standard InChI is InChI=1S/C25H25N3O7/c1-31-17-10-14-15(11-18(17)32-2)25(30)28(5-3-4-27-6-8-33-9-7-27)22-20(14)23(29)16-12-19-24(26-21(16)22)35-13-34-19/h10-12H,3-9,13H2,1-2H3. The molecule has 1 saturated heterocycles. The minimum atomic E-state index is -0.208. The van der Waals surface area contributed by atoms with E-state index in [1.807, 2.05) is 0 Å². The Hall–Kier alpha value is -3.63. The fraction of sp³-hybridized carbons (Fsp3) is 0.400. The van der Waals surface area contributed by atoms with Crippen molar-refractivity contribution < 1.29 is 28.5 Å². The first-order chi connectivity index (χ1) is 17.1.